The minimum absolute atomic E-state index is 0.0271. The number of aryl methyl sites for hydroxylation is 1. The fourth-order valence-corrected chi connectivity index (χ4v) is 3.85. The van der Waals surface area contributed by atoms with Crippen LogP contribution in [0.5, 0.6) is 5.75 Å². The number of nitro groups is 1. The zero-order chi connectivity index (χ0) is 21.8. The molecule has 2 heterocycles. The van der Waals surface area contributed by atoms with E-state index in [-0.39, 0.29) is 17.9 Å². The molecule has 0 aliphatic rings. The first-order chi connectivity index (χ1) is 15.0. The lowest BCUT2D eigenvalue weighted by atomic mass is 10.2. The van der Waals surface area contributed by atoms with Crippen LogP contribution in [0.1, 0.15) is 5.56 Å². The Balaban J connectivity index is 1.59. The first-order valence-electron chi connectivity index (χ1n) is 9.48. The van der Waals surface area contributed by atoms with Crippen molar-refractivity contribution < 1.29 is 9.66 Å². The maximum absolute atomic E-state index is 13.2. The number of aromatic nitrogens is 3. The molecule has 2 aromatic carbocycles. The molecule has 0 spiro atoms. The molecule has 0 N–H and O–H groups in total. The van der Waals surface area contributed by atoms with Crippen LogP contribution in [0.25, 0.3) is 16.7 Å². The van der Waals surface area contributed by atoms with Crippen molar-refractivity contribution in [2.24, 2.45) is 0 Å². The molecule has 0 bridgehead atoms. The minimum Gasteiger partial charge on any atom is -0.492 e. The van der Waals surface area contributed by atoms with Gasteiger partial charge in [0.15, 0.2) is 5.16 Å². The molecule has 0 aliphatic heterocycles. The molecule has 4 aromatic rings. The van der Waals surface area contributed by atoms with E-state index < -0.39 is 4.92 Å². The standard InChI is InChI=1S/C22H18N4O4S/c1-15-9-10-23-20(13-15)25-21(27)18-7-2-3-8-19(18)24-22(25)31-12-11-30-17-6-4-5-16(14-17)26(28)29/h2-10,13-14H,11-12H2,1H3. The molecule has 0 fully saturated rings. The summed E-state index contributed by atoms with van der Waals surface area (Å²) in [6, 6.07) is 16.9. The van der Waals surface area contributed by atoms with Gasteiger partial charge in [-0.1, -0.05) is 30.0 Å². The van der Waals surface area contributed by atoms with Crippen molar-refractivity contribution in [1.82, 2.24) is 14.5 Å². The number of hydrogen-bond acceptors (Lipinski definition) is 7. The van der Waals surface area contributed by atoms with E-state index in [9.17, 15) is 14.9 Å². The maximum Gasteiger partial charge on any atom is 0.273 e. The number of benzene rings is 2. The molecule has 0 radical (unpaired) electrons. The molecular weight excluding hydrogens is 416 g/mol. The second-order valence-electron chi connectivity index (χ2n) is 6.69. The Hall–Kier alpha value is -3.72. The Morgan fingerprint density at radius 1 is 1.13 bits per heavy atom. The number of para-hydroxylation sites is 1. The minimum atomic E-state index is -0.464. The van der Waals surface area contributed by atoms with E-state index >= 15 is 0 Å². The van der Waals surface area contributed by atoms with Gasteiger partial charge in [-0.05, 0) is 42.8 Å². The monoisotopic (exact) mass is 434 g/mol. The number of nitro benzene ring substituents is 1. The highest BCUT2D eigenvalue weighted by Gasteiger charge is 2.14. The van der Waals surface area contributed by atoms with Crippen LogP contribution in [-0.2, 0) is 0 Å². The molecule has 0 amide bonds. The zero-order valence-electron chi connectivity index (χ0n) is 16.6. The smallest absolute Gasteiger partial charge is 0.273 e. The van der Waals surface area contributed by atoms with Crippen LogP contribution < -0.4 is 10.3 Å². The molecule has 0 saturated heterocycles. The molecule has 0 unspecified atom stereocenters. The number of thioether (sulfide) groups is 1. The normalized spacial score (nSPS) is 10.9. The lowest BCUT2D eigenvalue weighted by Gasteiger charge is -2.13. The number of pyridine rings is 1. The summed E-state index contributed by atoms with van der Waals surface area (Å²) in [5.41, 5.74) is 1.38. The van der Waals surface area contributed by atoms with E-state index in [0.717, 1.165) is 5.56 Å². The summed E-state index contributed by atoms with van der Waals surface area (Å²) in [5, 5.41) is 11.9. The first-order valence-corrected chi connectivity index (χ1v) is 10.5. The number of fused-ring (bicyclic) bond motifs is 1. The SMILES string of the molecule is Cc1ccnc(-n2c(SCCOc3cccc([N+](=O)[O-])c3)nc3ccccc3c2=O)c1. The number of ether oxygens (including phenoxy) is 1. The summed E-state index contributed by atoms with van der Waals surface area (Å²) < 4.78 is 7.15. The Bertz CT molecular complexity index is 1320. The molecule has 8 nitrogen and oxygen atoms in total. The quantitative estimate of drug-likeness (QED) is 0.141. The second kappa shape index (κ2) is 8.97. The van der Waals surface area contributed by atoms with E-state index in [2.05, 4.69) is 9.97 Å². The maximum atomic E-state index is 13.2. The van der Waals surface area contributed by atoms with Gasteiger partial charge in [-0.2, -0.15) is 0 Å². The van der Waals surface area contributed by atoms with Crippen LogP contribution in [0.3, 0.4) is 0 Å². The lowest BCUT2D eigenvalue weighted by Crippen LogP contribution is -2.23. The highest BCUT2D eigenvalue weighted by molar-refractivity contribution is 7.99. The van der Waals surface area contributed by atoms with Gasteiger partial charge in [0.05, 0.1) is 28.5 Å². The van der Waals surface area contributed by atoms with Gasteiger partial charge in [-0.3, -0.25) is 14.9 Å². The fourth-order valence-electron chi connectivity index (χ4n) is 3.03. The molecule has 0 aliphatic carbocycles. The lowest BCUT2D eigenvalue weighted by molar-refractivity contribution is -0.384. The summed E-state index contributed by atoms with van der Waals surface area (Å²) in [5.74, 6) is 1.41. The van der Waals surface area contributed by atoms with Crippen molar-refractivity contribution in [2.75, 3.05) is 12.4 Å². The summed E-state index contributed by atoms with van der Waals surface area (Å²) >= 11 is 1.36. The summed E-state index contributed by atoms with van der Waals surface area (Å²) in [7, 11) is 0. The number of nitrogens with zero attached hydrogens (tertiary/aromatic N) is 4. The van der Waals surface area contributed by atoms with E-state index in [1.165, 1.54) is 28.5 Å². The molecular formula is C22H18N4O4S. The molecule has 31 heavy (non-hydrogen) atoms. The number of rotatable bonds is 7. The average Bonchev–Trinajstić information content (AvgIpc) is 2.77. The van der Waals surface area contributed by atoms with E-state index in [1.54, 1.807) is 36.5 Å². The molecule has 9 heteroatoms. The van der Waals surface area contributed by atoms with Crippen molar-refractivity contribution in [1.29, 1.82) is 0 Å². The predicted octanol–water partition coefficient (Wildman–Crippen LogP) is 4.17. The van der Waals surface area contributed by atoms with E-state index in [4.69, 9.17) is 4.74 Å². The van der Waals surface area contributed by atoms with E-state index in [1.807, 2.05) is 25.1 Å². The van der Waals surface area contributed by atoms with Crippen LogP contribution >= 0.6 is 11.8 Å². The molecule has 2 aromatic heterocycles. The summed E-state index contributed by atoms with van der Waals surface area (Å²) in [6.45, 7) is 2.22. The van der Waals surface area contributed by atoms with Crippen molar-refractivity contribution in [3.05, 3.63) is 92.9 Å². The Kier molecular flexibility index (Phi) is 5.94. The molecule has 0 saturated carbocycles. The third kappa shape index (κ3) is 4.56. The van der Waals surface area contributed by atoms with Crippen molar-refractivity contribution in [3.63, 3.8) is 0 Å². The highest BCUT2D eigenvalue weighted by atomic mass is 32.2. The Morgan fingerprint density at radius 2 is 1.97 bits per heavy atom. The van der Waals surface area contributed by atoms with Crippen LogP contribution in [-0.4, -0.2) is 31.8 Å². The highest BCUT2D eigenvalue weighted by Crippen LogP contribution is 2.22. The number of non-ortho nitro benzene ring substituents is 1. The molecule has 4 rings (SSSR count). The van der Waals surface area contributed by atoms with Gasteiger partial charge in [-0.25, -0.2) is 14.5 Å². The van der Waals surface area contributed by atoms with Crippen molar-refractivity contribution in [3.8, 4) is 11.6 Å². The second-order valence-corrected chi connectivity index (χ2v) is 7.76. The van der Waals surface area contributed by atoms with Crippen LogP contribution in [0.2, 0.25) is 0 Å². The Morgan fingerprint density at radius 3 is 2.77 bits per heavy atom. The topological polar surface area (TPSA) is 100 Å². The predicted molar refractivity (Wildman–Crippen MR) is 119 cm³/mol. The van der Waals surface area contributed by atoms with Crippen molar-refractivity contribution >= 4 is 28.4 Å². The van der Waals surface area contributed by atoms with Crippen LogP contribution in [0.15, 0.2) is 76.8 Å². The van der Waals surface area contributed by atoms with Gasteiger partial charge in [0.1, 0.15) is 11.6 Å². The van der Waals surface area contributed by atoms with Crippen LogP contribution in [0.4, 0.5) is 5.69 Å². The summed E-state index contributed by atoms with van der Waals surface area (Å²) in [4.78, 5) is 32.6. The van der Waals surface area contributed by atoms with Gasteiger partial charge in [0.2, 0.25) is 0 Å². The Labute approximate surface area is 181 Å². The van der Waals surface area contributed by atoms with E-state index in [0.29, 0.717) is 33.4 Å². The van der Waals surface area contributed by atoms with Gasteiger partial charge in [0.25, 0.3) is 11.2 Å². The largest absolute Gasteiger partial charge is 0.492 e. The molecule has 156 valence electrons. The third-order valence-corrected chi connectivity index (χ3v) is 5.39. The average molecular weight is 434 g/mol. The first kappa shape index (κ1) is 20.5. The fraction of sp³-hybridized carbons (Fsp3) is 0.136. The van der Waals surface area contributed by atoms with Gasteiger partial charge in [-0.15, -0.1) is 0 Å². The van der Waals surface area contributed by atoms with Crippen molar-refractivity contribution in [2.45, 2.75) is 12.1 Å². The van der Waals surface area contributed by atoms with Gasteiger partial charge < -0.3 is 4.74 Å². The third-order valence-electron chi connectivity index (χ3n) is 4.49. The van der Waals surface area contributed by atoms with Gasteiger partial charge in [0, 0.05) is 18.0 Å². The van der Waals surface area contributed by atoms with Crippen LogP contribution in [0, 0.1) is 17.0 Å². The van der Waals surface area contributed by atoms with Gasteiger partial charge >= 0.3 is 0 Å². The zero-order valence-corrected chi connectivity index (χ0v) is 17.4. The summed E-state index contributed by atoms with van der Waals surface area (Å²) in [6.07, 6.45) is 1.66. The molecule has 0 atom stereocenters. The number of hydrogen-bond donors (Lipinski definition) is 0.